The van der Waals surface area contributed by atoms with E-state index in [9.17, 15) is 24.5 Å². The summed E-state index contributed by atoms with van der Waals surface area (Å²) in [5.41, 5.74) is 0.351. The van der Waals surface area contributed by atoms with Crippen molar-refractivity contribution in [1.29, 1.82) is 0 Å². The van der Waals surface area contributed by atoms with Crippen LogP contribution in [-0.4, -0.2) is 50.0 Å². The van der Waals surface area contributed by atoms with Gasteiger partial charge >= 0.3 is 0 Å². The van der Waals surface area contributed by atoms with Crippen LogP contribution >= 0.6 is 0 Å². The van der Waals surface area contributed by atoms with Crippen molar-refractivity contribution in [2.75, 3.05) is 32.6 Å². The van der Waals surface area contributed by atoms with Gasteiger partial charge in [-0.05, 0) is 30.7 Å². The van der Waals surface area contributed by atoms with Crippen molar-refractivity contribution in [3.05, 3.63) is 57.6 Å². The van der Waals surface area contributed by atoms with E-state index in [2.05, 4.69) is 16.0 Å². The van der Waals surface area contributed by atoms with Gasteiger partial charge in [-0.3, -0.25) is 24.5 Å². The minimum Gasteiger partial charge on any atom is -0.493 e. The first-order valence-corrected chi connectivity index (χ1v) is 10.2. The van der Waals surface area contributed by atoms with Gasteiger partial charge in [0, 0.05) is 36.8 Å². The summed E-state index contributed by atoms with van der Waals surface area (Å²) in [6.07, 6.45) is 1.16. The molecule has 2 rings (SSSR count). The third-order valence-corrected chi connectivity index (χ3v) is 4.55. The molecule has 0 aliphatic heterocycles. The fourth-order valence-electron chi connectivity index (χ4n) is 2.91. The van der Waals surface area contributed by atoms with Crippen molar-refractivity contribution >= 4 is 29.1 Å². The first kappa shape index (κ1) is 25.1. The molecule has 0 saturated heterocycles. The van der Waals surface area contributed by atoms with E-state index in [1.165, 1.54) is 20.3 Å². The highest BCUT2D eigenvalue weighted by atomic mass is 16.6. The van der Waals surface area contributed by atoms with Crippen molar-refractivity contribution < 1.29 is 28.8 Å². The number of nitrogens with zero attached hydrogens (tertiary/aromatic N) is 1. The first-order chi connectivity index (χ1) is 15.8. The van der Waals surface area contributed by atoms with E-state index in [-0.39, 0.29) is 42.0 Å². The topological polar surface area (TPSA) is 149 Å². The molecule has 0 fully saturated rings. The predicted octanol–water partition coefficient (Wildman–Crippen LogP) is 2.51. The zero-order chi connectivity index (χ0) is 24.4. The van der Waals surface area contributed by atoms with E-state index in [0.29, 0.717) is 17.7 Å². The molecule has 0 radical (unpaired) electrons. The molecule has 0 unspecified atom stereocenters. The molecule has 11 heteroatoms. The van der Waals surface area contributed by atoms with Gasteiger partial charge in [0.05, 0.1) is 25.2 Å². The number of ether oxygens (including phenoxy) is 2. The van der Waals surface area contributed by atoms with E-state index in [4.69, 9.17) is 9.47 Å². The maximum absolute atomic E-state index is 12.5. The Hall–Kier alpha value is -4.15. The van der Waals surface area contributed by atoms with Gasteiger partial charge in [-0.2, -0.15) is 0 Å². The highest BCUT2D eigenvalue weighted by Crippen LogP contribution is 2.34. The summed E-state index contributed by atoms with van der Waals surface area (Å²) < 4.78 is 10.1. The maximum Gasteiger partial charge on any atom is 0.286 e. The van der Waals surface area contributed by atoms with Crippen LogP contribution in [0.1, 0.15) is 40.5 Å². The number of benzene rings is 2. The first-order valence-electron chi connectivity index (χ1n) is 10.2. The van der Waals surface area contributed by atoms with E-state index in [1.54, 1.807) is 24.3 Å². The Morgan fingerprint density at radius 2 is 1.52 bits per heavy atom. The molecule has 0 saturated carbocycles. The zero-order valence-corrected chi connectivity index (χ0v) is 18.6. The van der Waals surface area contributed by atoms with E-state index >= 15 is 0 Å². The van der Waals surface area contributed by atoms with Crippen molar-refractivity contribution in [1.82, 2.24) is 10.6 Å². The lowest BCUT2D eigenvalue weighted by Crippen LogP contribution is -2.35. The van der Waals surface area contributed by atoms with Crippen LogP contribution in [0.3, 0.4) is 0 Å². The standard InChI is InChI=1S/C22H26N4O7/c1-4-5-20(27)25-15-8-6-14(7-9-15)21(28)23-10-11-24-22(29)16-12-18(32-2)19(33-3)13-17(16)26(30)31/h6-9,12-13H,4-5,10-11H2,1-3H3,(H,23,28)(H,24,29)(H,25,27). The summed E-state index contributed by atoms with van der Waals surface area (Å²) in [7, 11) is 2.69. The number of carbonyl (C=O) groups is 3. The fraction of sp³-hybridized carbons (Fsp3) is 0.318. The van der Waals surface area contributed by atoms with Gasteiger partial charge < -0.3 is 25.4 Å². The Morgan fingerprint density at radius 1 is 0.939 bits per heavy atom. The minimum absolute atomic E-state index is 0.0429. The molecular weight excluding hydrogens is 432 g/mol. The highest BCUT2D eigenvalue weighted by molar-refractivity contribution is 5.99. The van der Waals surface area contributed by atoms with Crippen molar-refractivity contribution in [3.8, 4) is 11.5 Å². The molecule has 0 aliphatic rings. The Kier molecular flexibility index (Phi) is 9.16. The van der Waals surface area contributed by atoms with Crippen LogP contribution in [0, 0.1) is 10.1 Å². The van der Waals surface area contributed by atoms with E-state index < -0.39 is 16.5 Å². The normalized spacial score (nSPS) is 10.2. The molecule has 0 spiro atoms. The Bertz CT molecular complexity index is 1020. The molecule has 0 aromatic heterocycles. The summed E-state index contributed by atoms with van der Waals surface area (Å²) in [5.74, 6) is -0.850. The van der Waals surface area contributed by atoms with Crippen LogP contribution < -0.4 is 25.4 Å². The van der Waals surface area contributed by atoms with Gasteiger partial charge in [-0.1, -0.05) is 6.92 Å². The van der Waals surface area contributed by atoms with Crippen LogP contribution in [0.4, 0.5) is 11.4 Å². The number of hydrogen-bond donors (Lipinski definition) is 3. The number of nitro benzene ring substituents is 1. The quantitative estimate of drug-likeness (QED) is 0.266. The van der Waals surface area contributed by atoms with Crippen LogP contribution in [0.5, 0.6) is 11.5 Å². The van der Waals surface area contributed by atoms with Gasteiger partial charge in [0.2, 0.25) is 5.91 Å². The summed E-state index contributed by atoms with van der Waals surface area (Å²) >= 11 is 0. The zero-order valence-electron chi connectivity index (χ0n) is 18.6. The van der Waals surface area contributed by atoms with Crippen LogP contribution in [0.15, 0.2) is 36.4 Å². The monoisotopic (exact) mass is 458 g/mol. The molecule has 3 amide bonds. The Balaban J connectivity index is 1.92. The SMILES string of the molecule is CCCC(=O)Nc1ccc(C(=O)NCCNC(=O)c2cc(OC)c(OC)cc2[N+](=O)[O-])cc1. The molecule has 176 valence electrons. The number of amides is 3. The number of anilines is 1. The third kappa shape index (κ3) is 6.92. The summed E-state index contributed by atoms with van der Waals surface area (Å²) in [4.78, 5) is 47.0. The van der Waals surface area contributed by atoms with Crippen molar-refractivity contribution in [2.45, 2.75) is 19.8 Å². The summed E-state index contributed by atoms with van der Waals surface area (Å²) in [5, 5.41) is 19.2. The number of nitrogens with one attached hydrogen (secondary N) is 3. The summed E-state index contributed by atoms with van der Waals surface area (Å²) in [6.45, 7) is 2.05. The molecule has 11 nitrogen and oxygen atoms in total. The van der Waals surface area contributed by atoms with Gasteiger partial charge in [0.15, 0.2) is 11.5 Å². The number of carbonyl (C=O) groups excluding carboxylic acids is 3. The lowest BCUT2D eigenvalue weighted by Gasteiger charge is -2.11. The van der Waals surface area contributed by atoms with Gasteiger partial charge in [-0.15, -0.1) is 0 Å². The van der Waals surface area contributed by atoms with Gasteiger partial charge in [0.25, 0.3) is 17.5 Å². The van der Waals surface area contributed by atoms with E-state index in [1.807, 2.05) is 6.92 Å². The Labute approximate surface area is 190 Å². The molecule has 0 bridgehead atoms. The van der Waals surface area contributed by atoms with Crippen LogP contribution in [-0.2, 0) is 4.79 Å². The van der Waals surface area contributed by atoms with Crippen molar-refractivity contribution in [2.24, 2.45) is 0 Å². The Morgan fingerprint density at radius 3 is 2.06 bits per heavy atom. The second kappa shape index (κ2) is 12.0. The summed E-state index contributed by atoms with van der Waals surface area (Å²) in [6, 6.07) is 8.74. The predicted molar refractivity (Wildman–Crippen MR) is 121 cm³/mol. The van der Waals surface area contributed by atoms with Gasteiger partial charge in [-0.25, -0.2) is 0 Å². The third-order valence-electron chi connectivity index (χ3n) is 4.55. The molecule has 2 aromatic rings. The second-order valence-electron chi connectivity index (χ2n) is 6.87. The molecular formula is C22H26N4O7. The second-order valence-corrected chi connectivity index (χ2v) is 6.87. The maximum atomic E-state index is 12.5. The van der Waals surface area contributed by atoms with Crippen LogP contribution in [0.2, 0.25) is 0 Å². The van der Waals surface area contributed by atoms with Gasteiger partial charge in [0.1, 0.15) is 5.56 Å². The molecule has 33 heavy (non-hydrogen) atoms. The number of hydrogen-bond acceptors (Lipinski definition) is 7. The van der Waals surface area contributed by atoms with Crippen LogP contribution in [0.25, 0.3) is 0 Å². The number of nitro groups is 1. The smallest absolute Gasteiger partial charge is 0.286 e. The molecule has 0 aliphatic carbocycles. The lowest BCUT2D eigenvalue weighted by atomic mass is 10.1. The number of rotatable bonds is 11. The van der Waals surface area contributed by atoms with E-state index in [0.717, 1.165) is 12.5 Å². The average Bonchev–Trinajstić information content (AvgIpc) is 2.81. The lowest BCUT2D eigenvalue weighted by molar-refractivity contribution is -0.385. The highest BCUT2D eigenvalue weighted by Gasteiger charge is 2.24. The van der Waals surface area contributed by atoms with Crippen molar-refractivity contribution in [3.63, 3.8) is 0 Å². The average molecular weight is 458 g/mol. The fourth-order valence-corrected chi connectivity index (χ4v) is 2.91. The number of methoxy groups -OCH3 is 2. The minimum atomic E-state index is -0.691. The largest absolute Gasteiger partial charge is 0.493 e. The molecule has 2 aromatic carbocycles. The molecule has 0 atom stereocenters. The molecule has 0 heterocycles. The molecule has 3 N–H and O–H groups in total.